The van der Waals surface area contributed by atoms with Gasteiger partial charge in [0.15, 0.2) is 0 Å². The number of rotatable bonds is 0. The minimum atomic E-state index is -1.83. The molecule has 0 fully saturated rings. The molecule has 0 aromatic rings. The van der Waals surface area contributed by atoms with Crippen molar-refractivity contribution in [3.63, 3.8) is 0 Å². The lowest BCUT2D eigenvalue weighted by Gasteiger charge is -1.62. The standard InChI is InChI=1S/CH6N2.CH2O3/c1-3-2;2-1(3)4/h3H,2H2,1H3;(H2,2,3,4). The summed E-state index contributed by atoms with van der Waals surface area (Å²) in [5.74, 6) is 4.60. The highest BCUT2D eigenvalue weighted by molar-refractivity contribution is 5.53. The fourth-order valence-corrected chi connectivity index (χ4v) is 0. The first-order valence-corrected chi connectivity index (χ1v) is 1.44. The number of nitrogens with one attached hydrogen (secondary N) is 1. The summed E-state index contributed by atoms with van der Waals surface area (Å²) >= 11 is 0. The molecule has 0 rings (SSSR count). The molecule has 0 unspecified atom stereocenters. The van der Waals surface area contributed by atoms with Gasteiger partial charge in [-0.3, -0.25) is 11.3 Å². The topological polar surface area (TPSA) is 95.6 Å². The third-order valence-corrected chi connectivity index (χ3v) is 0. The van der Waals surface area contributed by atoms with E-state index in [0.29, 0.717) is 0 Å². The smallest absolute Gasteiger partial charge is 0.450 e. The molecule has 0 amide bonds. The minimum Gasteiger partial charge on any atom is -0.450 e. The summed E-state index contributed by atoms with van der Waals surface area (Å²) in [6.07, 6.45) is -1.83. The number of carbonyl (C=O) groups is 1. The Morgan fingerprint density at radius 2 is 1.71 bits per heavy atom. The minimum absolute atomic E-state index is 1.65. The molecule has 5 N–H and O–H groups in total. The van der Waals surface area contributed by atoms with Gasteiger partial charge < -0.3 is 10.2 Å². The van der Waals surface area contributed by atoms with Crippen molar-refractivity contribution in [2.45, 2.75) is 0 Å². The van der Waals surface area contributed by atoms with Crippen LogP contribution in [0.2, 0.25) is 0 Å². The van der Waals surface area contributed by atoms with Crippen molar-refractivity contribution in [1.29, 1.82) is 0 Å². The van der Waals surface area contributed by atoms with Crippen molar-refractivity contribution in [2.24, 2.45) is 5.84 Å². The van der Waals surface area contributed by atoms with Gasteiger partial charge >= 0.3 is 6.16 Å². The molecule has 0 aliphatic heterocycles. The molecule has 0 saturated carbocycles. The summed E-state index contributed by atoms with van der Waals surface area (Å²) in [5.41, 5.74) is 2.25. The number of nitrogens with two attached hydrogens (primary N) is 1. The average molecular weight is 108 g/mol. The Morgan fingerprint density at radius 3 is 1.71 bits per heavy atom. The molecular formula is C2H8N2O3. The first kappa shape index (κ1) is 9.50. The van der Waals surface area contributed by atoms with Crippen LogP contribution in [0.1, 0.15) is 0 Å². The van der Waals surface area contributed by atoms with Gasteiger partial charge in [-0.2, -0.15) is 0 Å². The second-order valence-corrected chi connectivity index (χ2v) is 0.571. The van der Waals surface area contributed by atoms with Gasteiger partial charge in [-0.05, 0) is 7.05 Å². The van der Waals surface area contributed by atoms with Crippen molar-refractivity contribution in [1.82, 2.24) is 5.43 Å². The van der Waals surface area contributed by atoms with E-state index in [4.69, 9.17) is 15.0 Å². The van der Waals surface area contributed by atoms with E-state index in [9.17, 15) is 0 Å². The van der Waals surface area contributed by atoms with E-state index in [1.165, 1.54) is 0 Å². The van der Waals surface area contributed by atoms with Crippen LogP contribution < -0.4 is 11.3 Å². The molecule has 0 aliphatic carbocycles. The van der Waals surface area contributed by atoms with Gasteiger partial charge in [0.05, 0.1) is 0 Å². The second-order valence-electron chi connectivity index (χ2n) is 0.571. The lowest BCUT2D eigenvalue weighted by atomic mass is 11.5. The molecule has 44 valence electrons. The Kier molecular flexibility index (Phi) is 12.1. The highest BCUT2D eigenvalue weighted by atomic mass is 16.6. The zero-order valence-corrected chi connectivity index (χ0v) is 3.88. The van der Waals surface area contributed by atoms with Crippen molar-refractivity contribution in [2.75, 3.05) is 7.05 Å². The number of carboxylic acid groups (broad SMARTS) is 2. The van der Waals surface area contributed by atoms with Crippen LogP contribution in [-0.4, -0.2) is 23.4 Å². The van der Waals surface area contributed by atoms with Crippen molar-refractivity contribution >= 4 is 6.16 Å². The number of hydrazine groups is 1. The average Bonchev–Trinajstić information content (AvgIpc) is 1.33. The highest BCUT2D eigenvalue weighted by Gasteiger charge is 1.70. The maximum atomic E-state index is 8.56. The first-order chi connectivity index (χ1) is 3.15. The summed E-state index contributed by atoms with van der Waals surface area (Å²) in [7, 11) is 1.65. The Hall–Kier alpha value is -0.810. The molecule has 5 heteroatoms. The fraction of sp³-hybridized carbons (Fsp3) is 0.500. The summed E-state index contributed by atoms with van der Waals surface area (Å²) < 4.78 is 0. The number of hydrogen-bond acceptors (Lipinski definition) is 3. The van der Waals surface area contributed by atoms with Crippen LogP contribution in [0, 0.1) is 0 Å². The maximum Gasteiger partial charge on any atom is 0.503 e. The van der Waals surface area contributed by atoms with Crippen LogP contribution in [0.15, 0.2) is 0 Å². The third-order valence-electron chi connectivity index (χ3n) is 0. The fourth-order valence-electron chi connectivity index (χ4n) is 0. The monoisotopic (exact) mass is 108 g/mol. The SMILES string of the molecule is CNN.O=C(O)O. The lowest BCUT2D eigenvalue weighted by Crippen LogP contribution is -2.13. The lowest BCUT2D eigenvalue weighted by molar-refractivity contribution is 0.137. The van der Waals surface area contributed by atoms with Crippen LogP contribution in [0.3, 0.4) is 0 Å². The molecule has 0 spiro atoms. The largest absolute Gasteiger partial charge is 0.503 e. The summed E-state index contributed by atoms with van der Waals surface area (Å²) in [6, 6.07) is 0. The molecule has 0 aliphatic rings. The normalized spacial score (nSPS) is 6.00. The molecular weight excluding hydrogens is 100 g/mol. The van der Waals surface area contributed by atoms with Gasteiger partial charge in [0, 0.05) is 0 Å². The summed E-state index contributed by atoms with van der Waals surface area (Å²) in [5, 5.41) is 13.9. The Labute approximate surface area is 40.7 Å². The molecule has 0 aromatic heterocycles. The van der Waals surface area contributed by atoms with Gasteiger partial charge in [-0.25, -0.2) is 4.79 Å². The van der Waals surface area contributed by atoms with E-state index >= 15 is 0 Å². The van der Waals surface area contributed by atoms with Crippen LogP contribution in [-0.2, 0) is 0 Å². The van der Waals surface area contributed by atoms with Gasteiger partial charge in [0.2, 0.25) is 0 Å². The van der Waals surface area contributed by atoms with Crippen LogP contribution in [0.25, 0.3) is 0 Å². The van der Waals surface area contributed by atoms with E-state index in [2.05, 4.69) is 11.3 Å². The van der Waals surface area contributed by atoms with Crippen molar-refractivity contribution in [3.05, 3.63) is 0 Å². The van der Waals surface area contributed by atoms with E-state index in [-0.39, 0.29) is 0 Å². The zero-order valence-electron chi connectivity index (χ0n) is 3.88. The van der Waals surface area contributed by atoms with Gasteiger partial charge in [0.25, 0.3) is 0 Å². The van der Waals surface area contributed by atoms with E-state index < -0.39 is 6.16 Å². The van der Waals surface area contributed by atoms with Gasteiger partial charge in [-0.1, -0.05) is 0 Å². The Bertz CT molecular complexity index is 42.2. The molecule has 0 aromatic carbocycles. The Balaban J connectivity index is 0. The maximum absolute atomic E-state index is 8.56. The zero-order chi connectivity index (χ0) is 6.28. The predicted molar refractivity (Wildman–Crippen MR) is 23.9 cm³/mol. The molecule has 7 heavy (non-hydrogen) atoms. The second kappa shape index (κ2) is 8.95. The highest BCUT2D eigenvalue weighted by Crippen LogP contribution is 1.42. The third kappa shape index (κ3) is 80.5. The molecule has 0 radical (unpaired) electrons. The van der Waals surface area contributed by atoms with E-state index in [1.54, 1.807) is 7.05 Å². The van der Waals surface area contributed by atoms with Gasteiger partial charge in [-0.15, -0.1) is 0 Å². The summed E-state index contributed by atoms with van der Waals surface area (Å²) in [6.45, 7) is 0. The first-order valence-electron chi connectivity index (χ1n) is 1.44. The quantitative estimate of drug-likeness (QED) is 0.243. The van der Waals surface area contributed by atoms with Crippen LogP contribution in [0.5, 0.6) is 0 Å². The van der Waals surface area contributed by atoms with E-state index in [0.717, 1.165) is 0 Å². The molecule has 0 heterocycles. The van der Waals surface area contributed by atoms with Crippen LogP contribution in [0.4, 0.5) is 4.79 Å². The van der Waals surface area contributed by atoms with Crippen LogP contribution >= 0.6 is 0 Å². The molecule has 5 nitrogen and oxygen atoms in total. The van der Waals surface area contributed by atoms with Crippen molar-refractivity contribution in [3.8, 4) is 0 Å². The van der Waals surface area contributed by atoms with Gasteiger partial charge in [0.1, 0.15) is 0 Å². The predicted octanol–water partition coefficient (Wildman–Crippen LogP) is -0.698. The molecule has 0 atom stereocenters. The molecule has 0 bridgehead atoms. The van der Waals surface area contributed by atoms with E-state index in [1.807, 2.05) is 0 Å². The summed E-state index contributed by atoms with van der Waals surface area (Å²) in [4.78, 5) is 8.56. The Morgan fingerprint density at radius 1 is 1.71 bits per heavy atom. The van der Waals surface area contributed by atoms with Crippen molar-refractivity contribution < 1.29 is 15.0 Å². The molecule has 0 saturated heterocycles. The number of hydrogen-bond donors (Lipinski definition) is 4.